The molecule has 0 saturated heterocycles. The lowest BCUT2D eigenvalue weighted by Gasteiger charge is -2.19. The van der Waals surface area contributed by atoms with Gasteiger partial charge in [0.1, 0.15) is 0 Å². The first-order chi connectivity index (χ1) is 11.3. The van der Waals surface area contributed by atoms with Crippen LogP contribution >= 0.6 is 24.0 Å². The minimum absolute atomic E-state index is 0. The zero-order chi connectivity index (χ0) is 16.1. The molecule has 2 aromatic carbocycles. The van der Waals surface area contributed by atoms with E-state index in [2.05, 4.69) is 34.6 Å². The third-order valence-electron chi connectivity index (χ3n) is 4.17. The lowest BCUT2D eigenvalue weighted by atomic mass is 9.90. The predicted molar refractivity (Wildman–Crippen MR) is 109 cm³/mol. The van der Waals surface area contributed by atoms with Gasteiger partial charge in [0.05, 0.1) is 18.2 Å². The normalized spacial score (nSPS) is 13.4. The number of anilines is 1. The van der Waals surface area contributed by atoms with Crippen LogP contribution in [0.4, 0.5) is 5.69 Å². The molecule has 4 nitrogen and oxygen atoms in total. The van der Waals surface area contributed by atoms with Gasteiger partial charge in [0, 0.05) is 5.69 Å². The fourth-order valence-electron chi connectivity index (χ4n) is 2.94. The number of hydrogen-bond acceptors (Lipinski definition) is 2. The van der Waals surface area contributed by atoms with Crippen molar-refractivity contribution in [1.29, 1.82) is 5.26 Å². The number of nitrogens with two attached hydrogens (primary N) is 1. The maximum Gasteiger partial charge on any atom is 0.193 e. The first-order valence-corrected chi connectivity index (χ1v) is 7.93. The van der Waals surface area contributed by atoms with Crippen molar-refractivity contribution in [3.8, 4) is 6.07 Å². The summed E-state index contributed by atoms with van der Waals surface area (Å²) in [6, 6.07) is 15.8. The molecule has 0 radical (unpaired) electrons. The van der Waals surface area contributed by atoms with Gasteiger partial charge in [0.2, 0.25) is 0 Å². The molecule has 0 saturated carbocycles. The highest BCUT2D eigenvalue weighted by atomic mass is 127. The van der Waals surface area contributed by atoms with Crippen molar-refractivity contribution in [2.45, 2.75) is 32.2 Å². The predicted octanol–water partition coefficient (Wildman–Crippen LogP) is 3.98. The van der Waals surface area contributed by atoms with Crippen molar-refractivity contribution in [2.24, 2.45) is 10.7 Å². The van der Waals surface area contributed by atoms with E-state index in [1.807, 2.05) is 12.1 Å². The number of rotatable bonds is 3. The Hall–Kier alpha value is -2.07. The molecule has 3 N–H and O–H groups in total. The van der Waals surface area contributed by atoms with Gasteiger partial charge in [-0.15, -0.1) is 24.0 Å². The molecule has 1 aliphatic carbocycles. The van der Waals surface area contributed by atoms with E-state index in [9.17, 15) is 0 Å². The van der Waals surface area contributed by atoms with Crippen LogP contribution in [-0.4, -0.2) is 5.96 Å². The molecule has 0 heterocycles. The van der Waals surface area contributed by atoms with Crippen molar-refractivity contribution >= 4 is 35.6 Å². The molecule has 0 aliphatic heterocycles. The van der Waals surface area contributed by atoms with E-state index < -0.39 is 0 Å². The average Bonchev–Trinajstić information content (AvgIpc) is 2.61. The molecule has 0 aromatic heterocycles. The van der Waals surface area contributed by atoms with E-state index in [0.717, 1.165) is 24.1 Å². The second kappa shape index (κ2) is 8.69. The molecule has 2 aromatic rings. The molecule has 124 valence electrons. The summed E-state index contributed by atoms with van der Waals surface area (Å²) in [4.78, 5) is 4.39. The molecule has 0 amide bonds. The van der Waals surface area contributed by atoms with Gasteiger partial charge in [0.25, 0.3) is 0 Å². The molecule has 0 atom stereocenters. The Morgan fingerprint density at radius 1 is 1.12 bits per heavy atom. The third kappa shape index (κ3) is 4.48. The quantitative estimate of drug-likeness (QED) is 0.438. The van der Waals surface area contributed by atoms with Crippen molar-refractivity contribution in [3.05, 3.63) is 64.7 Å². The van der Waals surface area contributed by atoms with E-state index >= 15 is 0 Å². The Balaban J connectivity index is 0.00000208. The van der Waals surface area contributed by atoms with Gasteiger partial charge in [-0.05, 0) is 60.6 Å². The number of nitrogens with zero attached hydrogens (tertiary/aromatic N) is 2. The van der Waals surface area contributed by atoms with E-state index in [1.54, 1.807) is 12.1 Å². The third-order valence-corrected chi connectivity index (χ3v) is 4.17. The highest BCUT2D eigenvalue weighted by Crippen LogP contribution is 2.27. The monoisotopic (exact) mass is 432 g/mol. The maximum atomic E-state index is 8.80. The topological polar surface area (TPSA) is 74.2 Å². The summed E-state index contributed by atoms with van der Waals surface area (Å²) in [5, 5.41) is 12.0. The molecule has 1 aliphatic rings. The van der Waals surface area contributed by atoms with Gasteiger partial charge < -0.3 is 11.1 Å². The highest BCUT2D eigenvalue weighted by molar-refractivity contribution is 14.0. The molecule has 24 heavy (non-hydrogen) atoms. The Kier molecular flexibility index (Phi) is 6.62. The van der Waals surface area contributed by atoms with Gasteiger partial charge in [-0.1, -0.05) is 24.3 Å². The number of fused-ring (bicyclic) bond motifs is 1. The molecule has 0 unspecified atom stereocenters. The zero-order valence-corrected chi connectivity index (χ0v) is 15.8. The molecule has 0 fully saturated rings. The SMILES string of the molecule is I.N#Cc1ccc(CN=C(N)Nc2cccc3c2CCCC3)cc1. The Bertz CT molecular complexity index is 760. The standard InChI is InChI=1S/C19H20N4.HI/c20-12-14-8-10-15(11-9-14)13-22-19(21)23-18-7-3-5-16-4-1-2-6-17(16)18;/h3,5,7-11H,1-2,4,6,13H2,(H3,21,22,23);1H. The van der Waals surface area contributed by atoms with E-state index in [1.165, 1.54) is 24.0 Å². The lowest BCUT2D eigenvalue weighted by molar-refractivity contribution is 0.687. The summed E-state index contributed by atoms with van der Waals surface area (Å²) < 4.78 is 0. The summed E-state index contributed by atoms with van der Waals surface area (Å²) in [7, 11) is 0. The van der Waals surface area contributed by atoms with Crippen LogP contribution in [-0.2, 0) is 19.4 Å². The van der Waals surface area contributed by atoms with E-state index in [-0.39, 0.29) is 24.0 Å². The van der Waals surface area contributed by atoms with Crippen LogP contribution in [0.15, 0.2) is 47.5 Å². The Morgan fingerprint density at radius 3 is 2.62 bits per heavy atom. The molecule has 5 heteroatoms. The molecular formula is C19H21IN4. The number of hydrogen-bond donors (Lipinski definition) is 2. The van der Waals surface area contributed by atoms with Gasteiger partial charge in [-0.3, -0.25) is 0 Å². The Labute approximate surface area is 159 Å². The summed E-state index contributed by atoms with van der Waals surface area (Å²) >= 11 is 0. The van der Waals surface area contributed by atoms with Crippen molar-refractivity contribution in [3.63, 3.8) is 0 Å². The van der Waals surface area contributed by atoms with Gasteiger partial charge in [0.15, 0.2) is 5.96 Å². The van der Waals surface area contributed by atoms with Crippen LogP contribution in [0.2, 0.25) is 0 Å². The molecule has 0 spiro atoms. The first kappa shape index (κ1) is 18.3. The number of nitriles is 1. The van der Waals surface area contributed by atoms with Crippen molar-refractivity contribution < 1.29 is 0 Å². The van der Waals surface area contributed by atoms with Crippen LogP contribution in [0, 0.1) is 11.3 Å². The van der Waals surface area contributed by atoms with Crippen molar-refractivity contribution in [1.82, 2.24) is 0 Å². The van der Waals surface area contributed by atoms with Gasteiger partial charge >= 0.3 is 0 Å². The summed E-state index contributed by atoms with van der Waals surface area (Å²) in [6.45, 7) is 0.500. The number of guanidine groups is 1. The average molecular weight is 432 g/mol. The minimum atomic E-state index is 0. The summed E-state index contributed by atoms with van der Waals surface area (Å²) in [6.07, 6.45) is 4.74. The fraction of sp³-hybridized carbons (Fsp3) is 0.263. The largest absolute Gasteiger partial charge is 0.370 e. The zero-order valence-electron chi connectivity index (χ0n) is 13.5. The summed E-state index contributed by atoms with van der Waals surface area (Å²) in [5.41, 5.74) is 11.6. The second-order valence-electron chi connectivity index (χ2n) is 5.79. The first-order valence-electron chi connectivity index (χ1n) is 7.93. The number of nitrogens with one attached hydrogen (secondary N) is 1. The number of aryl methyl sites for hydroxylation is 1. The highest BCUT2D eigenvalue weighted by Gasteiger charge is 2.12. The van der Waals surface area contributed by atoms with Crippen LogP contribution in [0.3, 0.4) is 0 Å². The Morgan fingerprint density at radius 2 is 1.88 bits per heavy atom. The van der Waals surface area contributed by atoms with Crippen LogP contribution in [0.1, 0.15) is 35.1 Å². The molecular weight excluding hydrogens is 411 g/mol. The molecule has 3 rings (SSSR count). The second-order valence-corrected chi connectivity index (χ2v) is 5.79. The van der Waals surface area contributed by atoms with Gasteiger partial charge in [-0.25, -0.2) is 4.99 Å². The van der Waals surface area contributed by atoms with Crippen molar-refractivity contribution in [2.75, 3.05) is 5.32 Å². The number of aliphatic imine (C=N–C) groups is 1. The number of halogens is 1. The van der Waals surface area contributed by atoms with E-state index in [0.29, 0.717) is 18.1 Å². The maximum absolute atomic E-state index is 8.80. The smallest absolute Gasteiger partial charge is 0.193 e. The summed E-state index contributed by atoms with van der Waals surface area (Å²) in [5.74, 6) is 0.424. The van der Waals surface area contributed by atoms with Crippen LogP contribution < -0.4 is 11.1 Å². The van der Waals surface area contributed by atoms with Crippen LogP contribution in [0.25, 0.3) is 0 Å². The van der Waals surface area contributed by atoms with Crippen LogP contribution in [0.5, 0.6) is 0 Å². The van der Waals surface area contributed by atoms with E-state index in [4.69, 9.17) is 11.0 Å². The number of benzene rings is 2. The fourth-order valence-corrected chi connectivity index (χ4v) is 2.94. The lowest BCUT2D eigenvalue weighted by Crippen LogP contribution is -2.24. The minimum Gasteiger partial charge on any atom is -0.370 e. The van der Waals surface area contributed by atoms with Gasteiger partial charge in [-0.2, -0.15) is 5.26 Å². The molecule has 0 bridgehead atoms.